The lowest BCUT2D eigenvalue weighted by atomic mass is 9.94. The minimum Gasteiger partial charge on any atom is -0.370 e. The van der Waals surface area contributed by atoms with Crippen molar-refractivity contribution < 1.29 is 9.53 Å². The van der Waals surface area contributed by atoms with Crippen molar-refractivity contribution in [3.05, 3.63) is 22.6 Å². The fraction of sp³-hybridized carbons (Fsp3) is 0.556. The number of aromatic nitrogens is 4. The van der Waals surface area contributed by atoms with Gasteiger partial charge in [-0.2, -0.15) is 0 Å². The molecular formula is C18H24N6O2S. The fourth-order valence-corrected chi connectivity index (χ4v) is 4.38. The SMILES string of the molecule is CN(C)CCCNC(=O)c1nc2c3c4c(sc3ncn2n1)COC(C)(C)C4. The van der Waals surface area contributed by atoms with Gasteiger partial charge in [0.1, 0.15) is 11.2 Å². The van der Waals surface area contributed by atoms with Crippen molar-refractivity contribution in [1.82, 2.24) is 29.8 Å². The van der Waals surface area contributed by atoms with E-state index < -0.39 is 0 Å². The highest BCUT2D eigenvalue weighted by atomic mass is 32.1. The van der Waals surface area contributed by atoms with Crippen LogP contribution in [-0.4, -0.2) is 63.2 Å². The van der Waals surface area contributed by atoms with Crippen molar-refractivity contribution >= 4 is 33.1 Å². The molecule has 1 amide bonds. The van der Waals surface area contributed by atoms with E-state index in [4.69, 9.17) is 4.74 Å². The number of hydrogen-bond acceptors (Lipinski definition) is 7. The van der Waals surface area contributed by atoms with Gasteiger partial charge in [-0.25, -0.2) is 14.5 Å². The standard InChI is InChI=1S/C18H24N6O2S/c1-18(2)8-11-12(9-26-18)27-17-13(11)15-21-14(22-24(15)10-20-17)16(25)19-6-5-7-23(3)4/h10H,5-9H2,1-4H3,(H,19,25). The molecular weight excluding hydrogens is 364 g/mol. The van der Waals surface area contributed by atoms with Crippen LogP contribution in [0.1, 0.15) is 41.3 Å². The fourth-order valence-electron chi connectivity index (χ4n) is 3.31. The molecule has 4 rings (SSSR count). The first kappa shape index (κ1) is 18.3. The van der Waals surface area contributed by atoms with Gasteiger partial charge in [0.05, 0.1) is 17.6 Å². The van der Waals surface area contributed by atoms with Gasteiger partial charge in [0.2, 0.25) is 5.82 Å². The Morgan fingerprint density at radius 3 is 3.04 bits per heavy atom. The van der Waals surface area contributed by atoms with E-state index in [0.717, 1.165) is 29.6 Å². The van der Waals surface area contributed by atoms with Crippen LogP contribution >= 0.6 is 11.3 Å². The van der Waals surface area contributed by atoms with Crippen LogP contribution in [-0.2, 0) is 17.8 Å². The van der Waals surface area contributed by atoms with Crippen LogP contribution in [0.4, 0.5) is 0 Å². The molecule has 0 saturated heterocycles. The Morgan fingerprint density at radius 1 is 1.44 bits per heavy atom. The Balaban J connectivity index is 1.65. The van der Waals surface area contributed by atoms with Gasteiger partial charge in [0.25, 0.3) is 5.91 Å². The number of fused-ring (bicyclic) bond motifs is 5. The third kappa shape index (κ3) is 3.54. The molecule has 0 radical (unpaired) electrons. The Kier molecular flexibility index (Phi) is 4.61. The molecule has 3 aromatic rings. The average Bonchev–Trinajstić information content (AvgIpc) is 3.18. The van der Waals surface area contributed by atoms with Gasteiger partial charge in [-0.15, -0.1) is 16.4 Å². The van der Waals surface area contributed by atoms with Gasteiger partial charge in [-0.3, -0.25) is 4.79 Å². The normalized spacial score (nSPS) is 16.2. The predicted octanol–water partition coefficient (Wildman–Crippen LogP) is 1.87. The molecule has 144 valence electrons. The molecule has 3 aromatic heterocycles. The monoisotopic (exact) mass is 388 g/mol. The van der Waals surface area contributed by atoms with E-state index in [-0.39, 0.29) is 17.3 Å². The molecule has 0 saturated carbocycles. The lowest BCUT2D eigenvalue weighted by Crippen LogP contribution is -2.31. The largest absolute Gasteiger partial charge is 0.370 e. The molecule has 8 nitrogen and oxygen atoms in total. The lowest BCUT2D eigenvalue weighted by molar-refractivity contribution is -0.0379. The van der Waals surface area contributed by atoms with E-state index in [1.807, 2.05) is 14.1 Å². The molecule has 1 N–H and O–H groups in total. The first-order valence-corrected chi connectivity index (χ1v) is 9.88. The van der Waals surface area contributed by atoms with Gasteiger partial charge in [0.15, 0.2) is 5.65 Å². The highest BCUT2D eigenvalue weighted by Gasteiger charge is 2.31. The predicted molar refractivity (Wildman–Crippen MR) is 104 cm³/mol. The van der Waals surface area contributed by atoms with Crippen molar-refractivity contribution in [2.24, 2.45) is 0 Å². The van der Waals surface area contributed by atoms with Gasteiger partial charge in [-0.05, 0) is 46.5 Å². The van der Waals surface area contributed by atoms with Gasteiger partial charge >= 0.3 is 0 Å². The zero-order valence-corrected chi connectivity index (χ0v) is 16.9. The maximum absolute atomic E-state index is 12.4. The van der Waals surface area contributed by atoms with E-state index in [1.165, 1.54) is 10.4 Å². The molecule has 27 heavy (non-hydrogen) atoms. The number of thiophene rings is 1. The Morgan fingerprint density at radius 2 is 2.26 bits per heavy atom. The Hall–Kier alpha value is -2.10. The molecule has 0 aliphatic carbocycles. The van der Waals surface area contributed by atoms with Gasteiger partial charge in [-0.1, -0.05) is 0 Å². The Labute approximate surface area is 161 Å². The quantitative estimate of drug-likeness (QED) is 0.672. The second kappa shape index (κ2) is 6.81. The third-order valence-electron chi connectivity index (χ3n) is 4.68. The molecule has 1 aliphatic heterocycles. The van der Waals surface area contributed by atoms with Crippen molar-refractivity contribution in [3.8, 4) is 0 Å². The molecule has 0 bridgehead atoms. The van der Waals surface area contributed by atoms with Crippen LogP contribution in [0.2, 0.25) is 0 Å². The molecule has 0 atom stereocenters. The van der Waals surface area contributed by atoms with Crippen LogP contribution in [0.5, 0.6) is 0 Å². The summed E-state index contributed by atoms with van der Waals surface area (Å²) in [6.07, 6.45) is 3.30. The number of ether oxygens (including phenoxy) is 1. The lowest BCUT2D eigenvalue weighted by Gasteiger charge is -2.30. The molecule has 0 spiro atoms. The maximum Gasteiger partial charge on any atom is 0.290 e. The maximum atomic E-state index is 12.4. The number of nitrogens with zero attached hydrogens (tertiary/aromatic N) is 5. The van der Waals surface area contributed by atoms with Crippen LogP contribution < -0.4 is 5.32 Å². The average molecular weight is 388 g/mol. The molecule has 0 unspecified atom stereocenters. The highest BCUT2D eigenvalue weighted by molar-refractivity contribution is 7.19. The molecule has 1 aliphatic rings. The number of nitrogens with one attached hydrogen (secondary N) is 1. The number of amides is 1. The molecule has 9 heteroatoms. The summed E-state index contributed by atoms with van der Waals surface area (Å²) < 4.78 is 7.52. The van der Waals surface area contributed by atoms with E-state index >= 15 is 0 Å². The third-order valence-corrected chi connectivity index (χ3v) is 5.79. The molecule has 4 heterocycles. The highest BCUT2D eigenvalue weighted by Crippen LogP contribution is 2.39. The van der Waals surface area contributed by atoms with Crippen LogP contribution in [0.3, 0.4) is 0 Å². The zero-order chi connectivity index (χ0) is 19.2. The van der Waals surface area contributed by atoms with E-state index in [1.54, 1.807) is 22.2 Å². The summed E-state index contributed by atoms with van der Waals surface area (Å²) >= 11 is 1.63. The summed E-state index contributed by atoms with van der Waals surface area (Å²) in [5.74, 6) is -0.0706. The van der Waals surface area contributed by atoms with E-state index in [2.05, 4.69) is 39.1 Å². The first-order valence-electron chi connectivity index (χ1n) is 9.06. The molecule has 0 aromatic carbocycles. The summed E-state index contributed by atoms with van der Waals surface area (Å²) in [5.41, 5.74) is 1.68. The summed E-state index contributed by atoms with van der Waals surface area (Å²) in [6.45, 7) is 6.28. The second-order valence-corrected chi connectivity index (χ2v) is 8.85. The van der Waals surface area contributed by atoms with Crippen LogP contribution in [0.15, 0.2) is 6.33 Å². The van der Waals surface area contributed by atoms with E-state index in [0.29, 0.717) is 18.8 Å². The number of carbonyl (C=O) groups is 1. The smallest absolute Gasteiger partial charge is 0.290 e. The minimum absolute atomic E-state index is 0.181. The van der Waals surface area contributed by atoms with Crippen molar-refractivity contribution in [3.63, 3.8) is 0 Å². The van der Waals surface area contributed by atoms with Crippen molar-refractivity contribution in [1.29, 1.82) is 0 Å². The number of carbonyl (C=O) groups excluding carboxylic acids is 1. The number of rotatable bonds is 5. The van der Waals surface area contributed by atoms with Gasteiger partial charge < -0.3 is 15.0 Å². The first-order chi connectivity index (χ1) is 12.8. The second-order valence-electron chi connectivity index (χ2n) is 7.77. The summed E-state index contributed by atoms with van der Waals surface area (Å²) in [7, 11) is 4.02. The van der Waals surface area contributed by atoms with Crippen LogP contribution in [0, 0.1) is 0 Å². The summed E-state index contributed by atoms with van der Waals surface area (Å²) in [5, 5.41) is 8.22. The number of hydrogen-bond donors (Lipinski definition) is 1. The Bertz CT molecular complexity index is 1010. The zero-order valence-electron chi connectivity index (χ0n) is 16.1. The summed E-state index contributed by atoms with van der Waals surface area (Å²) in [4.78, 5) is 25.7. The topological polar surface area (TPSA) is 84.7 Å². The van der Waals surface area contributed by atoms with Crippen molar-refractivity contribution in [2.45, 2.75) is 38.9 Å². The van der Waals surface area contributed by atoms with Crippen LogP contribution in [0.25, 0.3) is 15.9 Å². The van der Waals surface area contributed by atoms with Gasteiger partial charge in [0, 0.05) is 17.8 Å². The molecule has 0 fully saturated rings. The van der Waals surface area contributed by atoms with E-state index in [9.17, 15) is 4.79 Å². The summed E-state index contributed by atoms with van der Waals surface area (Å²) in [6, 6.07) is 0. The van der Waals surface area contributed by atoms with Crippen molar-refractivity contribution in [2.75, 3.05) is 27.2 Å². The minimum atomic E-state index is -0.252.